The average molecular weight is 245 g/mol. The molecule has 0 aliphatic rings. The van der Waals surface area contributed by atoms with Crippen LogP contribution in [0.2, 0.25) is 5.54 Å². The normalized spacial score (nSPS) is 13.5. The Hall–Kier alpha value is 0.0969. The van der Waals surface area contributed by atoms with Gasteiger partial charge in [-0.25, -0.2) is 0 Å². The highest BCUT2D eigenvalue weighted by atomic mass is 28.4. The van der Waals surface area contributed by atoms with Gasteiger partial charge in [0.25, 0.3) is 8.56 Å². The minimum absolute atomic E-state index is 0.506. The Bertz CT molecular complexity index is 164. The molecule has 4 heteroatoms. The Morgan fingerprint density at radius 3 is 0.938 bits per heavy atom. The lowest BCUT2D eigenvalue weighted by Crippen LogP contribution is -2.77. The standard InChI is InChI=1S/C12H31N3Si/c1-9(2)13-16(12(7)8,14-10(3)4)15-11(5)6/h9-15H,1-8H3. The van der Waals surface area contributed by atoms with Crippen LogP contribution in [-0.2, 0) is 0 Å². The average Bonchev–Trinajstić information content (AvgIpc) is 1.98. The van der Waals surface area contributed by atoms with Crippen molar-refractivity contribution in [3.8, 4) is 0 Å². The van der Waals surface area contributed by atoms with Gasteiger partial charge in [-0.3, -0.25) is 0 Å². The summed E-state index contributed by atoms with van der Waals surface area (Å²) in [5.74, 6) is 0. The van der Waals surface area contributed by atoms with Crippen LogP contribution in [0.25, 0.3) is 0 Å². The summed E-state index contributed by atoms with van der Waals surface area (Å²) in [4.78, 5) is 11.3. The van der Waals surface area contributed by atoms with Crippen molar-refractivity contribution in [1.29, 1.82) is 0 Å². The molecule has 0 spiro atoms. The quantitative estimate of drug-likeness (QED) is 0.603. The molecular formula is C12H31N3Si. The largest absolute Gasteiger partial charge is 0.311 e. The molecular weight excluding hydrogens is 214 g/mol. The van der Waals surface area contributed by atoms with E-state index in [1.807, 2.05) is 0 Å². The van der Waals surface area contributed by atoms with Crippen molar-refractivity contribution in [2.45, 2.75) is 79.1 Å². The van der Waals surface area contributed by atoms with Crippen LogP contribution in [-0.4, -0.2) is 26.7 Å². The fourth-order valence-electron chi connectivity index (χ4n) is 1.99. The highest BCUT2D eigenvalue weighted by Gasteiger charge is 2.39. The van der Waals surface area contributed by atoms with E-state index in [4.69, 9.17) is 0 Å². The molecule has 0 atom stereocenters. The number of hydrogen-bond acceptors (Lipinski definition) is 3. The van der Waals surface area contributed by atoms with Gasteiger partial charge in [0.1, 0.15) is 0 Å². The first-order valence-corrected chi connectivity index (χ1v) is 8.60. The molecule has 0 aromatic heterocycles. The summed E-state index contributed by atoms with van der Waals surface area (Å²) in [5.41, 5.74) is 0.611. The molecule has 0 radical (unpaired) electrons. The van der Waals surface area contributed by atoms with Gasteiger partial charge in [-0.05, 0) is 23.7 Å². The van der Waals surface area contributed by atoms with Gasteiger partial charge in [-0.2, -0.15) is 0 Å². The Morgan fingerprint density at radius 1 is 0.562 bits per heavy atom. The molecule has 98 valence electrons. The van der Waals surface area contributed by atoms with Gasteiger partial charge in [-0.1, -0.05) is 55.4 Å². The maximum atomic E-state index is 3.77. The molecule has 0 rings (SSSR count). The first kappa shape index (κ1) is 16.1. The Labute approximate surface area is 103 Å². The van der Waals surface area contributed by atoms with Crippen molar-refractivity contribution in [2.75, 3.05) is 0 Å². The second-order valence-electron chi connectivity index (χ2n) is 5.86. The smallest absolute Gasteiger partial charge is 0.284 e. The summed E-state index contributed by atoms with van der Waals surface area (Å²) in [6, 6.07) is 1.52. The molecule has 0 saturated carbocycles. The van der Waals surface area contributed by atoms with E-state index in [0.29, 0.717) is 23.7 Å². The van der Waals surface area contributed by atoms with Crippen LogP contribution in [0.4, 0.5) is 0 Å². The van der Waals surface area contributed by atoms with Crippen molar-refractivity contribution in [3.05, 3.63) is 0 Å². The zero-order valence-corrected chi connectivity index (χ0v) is 13.3. The van der Waals surface area contributed by atoms with Crippen LogP contribution < -0.4 is 14.9 Å². The maximum Gasteiger partial charge on any atom is 0.284 e. The van der Waals surface area contributed by atoms with E-state index in [2.05, 4.69) is 70.3 Å². The summed E-state index contributed by atoms with van der Waals surface area (Å²) in [7, 11) is -1.81. The zero-order valence-electron chi connectivity index (χ0n) is 12.3. The molecule has 0 aliphatic heterocycles. The van der Waals surface area contributed by atoms with Crippen molar-refractivity contribution in [3.63, 3.8) is 0 Å². The van der Waals surface area contributed by atoms with Crippen LogP contribution in [0, 0.1) is 0 Å². The first-order valence-electron chi connectivity index (χ1n) is 6.52. The van der Waals surface area contributed by atoms with Crippen molar-refractivity contribution in [1.82, 2.24) is 14.9 Å². The lowest BCUT2D eigenvalue weighted by Gasteiger charge is -2.41. The summed E-state index contributed by atoms with van der Waals surface area (Å²) >= 11 is 0. The monoisotopic (exact) mass is 245 g/mol. The molecule has 0 unspecified atom stereocenters. The number of nitrogens with one attached hydrogen (secondary N) is 3. The van der Waals surface area contributed by atoms with Gasteiger partial charge in [-0.15, -0.1) is 0 Å². The lowest BCUT2D eigenvalue weighted by atomic mass is 10.4. The molecule has 0 heterocycles. The van der Waals surface area contributed by atoms with E-state index in [-0.39, 0.29) is 0 Å². The summed E-state index contributed by atoms with van der Waals surface area (Å²) in [5, 5.41) is 0. The summed E-state index contributed by atoms with van der Waals surface area (Å²) in [6.45, 7) is 17.9. The van der Waals surface area contributed by atoms with Crippen molar-refractivity contribution in [2.24, 2.45) is 0 Å². The predicted molar refractivity (Wildman–Crippen MR) is 75.7 cm³/mol. The van der Waals surface area contributed by atoms with Gasteiger partial charge in [0, 0.05) is 0 Å². The van der Waals surface area contributed by atoms with Crippen LogP contribution >= 0.6 is 0 Å². The van der Waals surface area contributed by atoms with Crippen LogP contribution in [0.1, 0.15) is 55.4 Å². The SMILES string of the molecule is CC(C)N[Si](NC(C)C)(NC(C)C)C(C)C. The van der Waals surface area contributed by atoms with E-state index in [1.165, 1.54) is 0 Å². The number of hydrogen-bond donors (Lipinski definition) is 3. The zero-order chi connectivity index (χ0) is 12.9. The van der Waals surface area contributed by atoms with Crippen molar-refractivity contribution >= 4 is 8.56 Å². The molecule has 0 aliphatic carbocycles. The fourth-order valence-corrected chi connectivity index (χ4v) is 5.97. The Balaban J connectivity index is 4.88. The predicted octanol–water partition coefficient (Wildman–Crippen LogP) is 2.33. The molecule has 0 saturated heterocycles. The molecule has 0 amide bonds. The van der Waals surface area contributed by atoms with Crippen molar-refractivity contribution < 1.29 is 0 Å². The van der Waals surface area contributed by atoms with Crippen LogP contribution in [0.5, 0.6) is 0 Å². The van der Waals surface area contributed by atoms with Gasteiger partial charge in [0.05, 0.1) is 0 Å². The molecule has 0 aromatic rings. The number of rotatable bonds is 7. The molecule has 0 fully saturated rings. The van der Waals surface area contributed by atoms with Crippen LogP contribution in [0.15, 0.2) is 0 Å². The minimum atomic E-state index is -1.81. The minimum Gasteiger partial charge on any atom is -0.311 e. The topological polar surface area (TPSA) is 36.1 Å². The van der Waals surface area contributed by atoms with Gasteiger partial charge >= 0.3 is 0 Å². The third-order valence-corrected chi connectivity index (χ3v) is 7.25. The van der Waals surface area contributed by atoms with E-state index < -0.39 is 8.56 Å². The van der Waals surface area contributed by atoms with E-state index in [1.54, 1.807) is 0 Å². The molecule has 3 N–H and O–H groups in total. The van der Waals surface area contributed by atoms with Gasteiger partial charge < -0.3 is 14.9 Å². The Morgan fingerprint density at radius 2 is 0.812 bits per heavy atom. The van der Waals surface area contributed by atoms with E-state index in [0.717, 1.165) is 0 Å². The Kier molecular flexibility index (Phi) is 6.78. The van der Waals surface area contributed by atoms with Crippen LogP contribution in [0.3, 0.4) is 0 Å². The second kappa shape index (κ2) is 6.74. The van der Waals surface area contributed by atoms with Gasteiger partial charge in [0.2, 0.25) is 0 Å². The first-order chi connectivity index (χ1) is 7.19. The third-order valence-electron chi connectivity index (χ3n) is 2.42. The van der Waals surface area contributed by atoms with E-state index in [9.17, 15) is 0 Å². The molecule has 16 heavy (non-hydrogen) atoms. The van der Waals surface area contributed by atoms with Gasteiger partial charge in [0.15, 0.2) is 0 Å². The van der Waals surface area contributed by atoms with E-state index >= 15 is 0 Å². The second-order valence-corrected chi connectivity index (χ2v) is 9.50. The summed E-state index contributed by atoms with van der Waals surface area (Å²) < 4.78 is 0. The lowest BCUT2D eigenvalue weighted by molar-refractivity contribution is 0.576. The fraction of sp³-hybridized carbons (Fsp3) is 1.00. The third kappa shape index (κ3) is 5.43. The molecule has 0 bridgehead atoms. The molecule has 3 nitrogen and oxygen atoms in total. The molecule has 0 aromatic carbocycles. The highest BCUT2D eigenvalue weighted by Crippen LogP contribution is 2.15. The maximum absolute atomic E-state index is 3.77. The highest BCUT2D eigenvalue weighted by molar-refractivity contribution is 6.74. The summed E-state index contributed by atoms with van der Waals surface area (Å²) in [6.07, 6.45) is 0.